The van der Waals surface area contributed by atoms with Gasteiger partial charge in [-0.3, -0.25) is 9.69 Å². The minimum absolute atomic E-state index is 0.431. The van der Waals surface area contributed by atoms with Gasteiger partial charge in [-0.1, -0.05) is 6.07 Å². The van der Waals surface area contributed by atoms with Gasteiger partial charge in [-0.15, -0.1) is 0 Å². The molecule has 0 amide bonds. The molecular formula is C16H18N2O3. The first-order chi connectivity index (χ1) is 10.2. The number of aromatic amines is 1. The summed E-state index contributed by atoms with van der Waals surface area (Å²) in [5, 5.41) is 11.4. The molecule has 0 unspecified atom stereocenters. The van der Waals surface area contributed by atoms with E-state index >= 15 is 0 Å². The van der Waals surface area contributed by atoms with Gasteiger partial charge in [-0.2, -0.15) is 0 Å². The number of hydrogen-bond donors (Lipinski definition) is 2. The van der Waals surface area contributed by atoms with Crippen LogP contribution in [0.2, 0.25) is 0 Å². The summed E-state index contributed by atoms with van der Waals surface area (Å²) in [7, 11) is 0. The van der Waals surface area contributed by atoms with Crippen molar-refractivity contribution in [3.05, 3.63) is 35.0 Å². The molecule has 5 nitrogen and oxygen atoms in total. The molecule has 21 heavy (non-hydrogen) atoms. The van der Waals surface area contributed by atoms with Crippen LogP contribution in [0.5, 0.6) is 0 Å². The van der Waals surface area contributed by atoms with Crippen LogP contribution in [0.3, 0.4) is 0 Å². The third-order valence-electron chi connectivity index (χ3n) is 4.50. The number of carbonyl (C=O) groups excluding carboxylic acids is 1. The van der Waals surface area contributed by atoms with Gasteiger partial charge < -0.3 is 14.8 Å². The third-order valence-corrected chi connectivity index (χ3v) is 4.50. The van der Waals surface area contributed by atoms with E-state index in [1.165, 1.54) is 11.1 Å². The first-order valence-corrected chi connectivity index (χ1v) is 7.28. The van der Waals surface area contributed by atoms with E-state index in [4.69, 9.17) is 4.74 Å². The van der Waals surface area contributed by atoms with E-state index in [0.29, 0.717) is 25.5 Å². The van der Waals surface area contributed by atoms with Gasteiger partial charge in [-0.25, -0.2) is 0 Å². The number of nitrogens with zero attached hydrogens (tertiary/aromatic N) is 1. The molecule has 2 aromatic rings. The topological polar surface area (TPSA) is 65.6 Å². The van der Waals surface area contributed by atoms with Crippen molar-refractivity contribution in [3.8, 4) is 0 Å². The zero-order valence-electron chi connectivity index (χ0n) is 11.8. The lowest BCUT2D eigenvalue weighted by molar-refractivity contribution is -0.188. The van der Waals surface area contributed by atoms with Crippen LogP contribution in [-0.2, 0) is 17.7 Å². The lowest BCUT2D eigenvalue weighted by Gasteiger charge is -2.41. The number of hydrogen-bond acceptors (Lipinski definition) is 4. The molecule has 0 bridgehead atoms. The van der Waals surface area contributed by atoms with E-state index in [-0.39, 0.29) is 0 Å². The molecule has 1 aromatic heterocycles. The van der Waals surface area contributed by atoms with Crippen LogP contribution >= 0.6 is 0 Å². The number of carbonyl (C=O) groups is 1. The fraction of sp³-hybridized carbons (Fsp3) is 0.438. The van der Waals surface area contributed by atoms with E-state index in [1.807, 2.05) is 12.1 Å². The van der Waals surface area contributed by atoms with Gasteiger partial charge in [-0.05, 0) is 29.7 Å². The third kappa shape index (κ3) is 2.18. The number of nitrogens with one attached hydrogen (secondary N) is 1. The average molecular weight is 286 g/mol. The van der Waals surface area contributed by atoms with Crippen molar-refractivity contribution in [3.63, 3.8) is 0 Å². The fourth-order valence-electron chi connectivity index (χ4n) is 3.38. The summed E-state index contributed by atoms with van der Waals surface area (Å²) in [5.74, 6) is 0. The summed E-state index contributed by atoms with van der Waals surface area (Å²) < 4.78 is 5.12. The molecule has 0 radical (unpaired) electrons. The molecule has 2 N–H and O–H groups in total. The minimum atomic E-state index is -0.683. The number of fused-ring (bicyclic) bond motifs is 3. The van der Waals surface area contributed by atoms with Gasteiger partial charge in [0.1, 0.15) is 5.60 Å². The van der Waals surface area contributed by atoms with Crippen LogP contribution in [0.4, 0.5) is 0 Å². The van der Waals surface area contributed by atoms with Gasteiger partial charge in [0.05, 0.1) is 18.9 Å². The van der Waals surface area contributed by atoms with Crippen molar-refractivity contribution < 1.29 is 14.6 Å². The monoisotopic (exact) mass is 286 g/mol. The molecule has 4 rings (SSSR count). The van der Waals surface area contributed by atoms with Crippen LogP contribution in [0.25, 0.3) is 10.9 Å². The number of H-pyrrole nitrogens is 1. The zero-order chi connectivity index (χ0) is 14.4. The van der Waals surface area contributed by atoms with Crippen LogP contribution in [-0.4, -0.2) is 53.2 Å². The van der Waals surface area contributed by atoms with Crippen LogP contribution in [0.15, 0.2) is 18.2 Å². The number of ether oxygens (including phenoxy) is 1. The van der Waals surface area contributed by atoms with Gasteiger partial charge in [0, 0.05) is 30.5 Å². The molecule has 110 valence electrons. The molecule has 2 aliphatic heterocycles. The summed E-state index contributed by atoms with van der Waals surface area (Å²) in [6, 6.07) is 6.11. The van der Waals surface area contributed by atoms with Gasteiger partial charge in [0.25, 0.3) is 0 Å². The van der Waals surface area contributed by atoms with E-state index in [1.54, 1.807) is 0 Å². The number of benzene rings is 1. The average Bonchev–Trinajstić information content (AvgIpc) is 2.89. The van der Waals surface area contributed by atoms with Crippen molar-refractivity contribution in [2.45, 2.75) is 18.6 Å². The summed E-state index contributed by atoms with van der Waals surface area (Å²) in [6.07, 6.45) is 1.82. The van der Waals surface area contributed by atoms with Gasteiger partial charge >= 0.3 is 0 Å². The first-order valence-electron chi connectivity index (χ1n) is 7.28. The van der Waals surface area contributed by atoms with E-state index < -0.39 is 5.60 Å². The van der Waals surface area contributed by atoms with Crippen molar-refractivity contribution in [1.82, 2.24) is 9.88 Å². The van der Waals surface area contributed by atoms with Crippen molar-refractivity contribution in [2.24, 2.45) is 0 Å². The highest BCUT2D eigenvalue weighted by Gasteiger charge is 2.38. The Morgan fingerprint density at radius 1 is 1.43 bits per heavy atom. The maximum atomic E-state index is 11.0. The summed E-state index contributed by atoms with van der Waals surface area (Å²) in [6.45, 7) is 3.27. The van der Waals surface area contributed by atoms with Gasteiger partial charge in [0.15, 0.2) is 6.29 Å². The number of aliphatic hydroxyl groups is 1. The van der Waals surface area contributed by atoms with E-state index in [0.717, 1.165) is 36.7 Å². The van der Waals surface area contributed by atoms with Crippen molar-refractivity contribution >= 4 is 17.2 Å². The molecule has 1 aromatic carbocycles. The summed E-state index contributed by atoms with van der Waals surface area (Å²) in [4.78, 5) is 16.4. The summed E-state index contributed by atoms with van der Waals surface area (Å²) >= 11 is 0. The molecule has 0 atom stereocenters. The molecule has 1 saturated heterocycles. The molecule has 2 aliphatic rings. The summed E-state index contributed by atoms with van der Waals surface area (Å²) in [5.41, 5.74) is 3.54. The molecule has 0 aliphatic carbocycles. The van der Waals surface area contributed by atoms with Gasteiger partial charge in [0.2, 0.25) is 0 Å². The zero-order valence-corrected chi connectivity index (χ0v) is 11.8. The Morgan fingerprint density at radius 2 is 2.29 bits per heavy atom. The molecular weight excluding hydrogens is 268 g/mol. The van der Waals surface area contributed by atoms with Crippen molar-refractivity contribution in [2.75, 3.05) is 26.3 Å². The molecule has 1 fully saturated rings. The quantitative estimate of drug-likeness (QED) is 0.829. The smallest absolute Gasteiger partial charge is 0.166 e. The molecule has 0 saturated carbocycles. The van der Waals surface area contributed by atoms with Crippen LogP contribution in [0, 0.1) is 0 Å². The Balaban J connectivity index is 1.66. The highest BCUT2D eigenvalue weighted by atomic mass is 16.5. The lowest BCUT2D eigenvalue weighted by Crippen LogP contribution is -2.57. The number of rotatable bonds is 3. The maximum Gasteiger partial charge on any atom is 0.166 e. The molecule has 0 spiro atoms. The predicted octanol–water partition coefficient (Wildman–Crippen LogP) is 1.10. The lowest BCUT2D eigenvalue weighted by atomic mass is 9.94. The van der Waals surface area contributed by atoms with Crippen molar-refractivity contribution in [1.29, 1.82) is 0 Å². The second-order valence-electron chi connectivity index (χ2n) is 6.18. The molecule has 5 heteroatoms. The molecule has 3 heterocycles. The normalized spacial score (nSPS) is 21.0. The largest absolute Gasteiger partial charge is 0.384 e. The number of aromatic nitrogens is 1. The van der Waals surface area contributed by atoms with E-state index in [2.05, 4.69) is 16.0 Å². The standard InChI is InChI=1S/C16H18N2O3/c19-7-12-5-13-14-6-18(8-16(20)9-21-10-16)4-3-11(14)1-2-15(13)17-12/h1-2,5,7,17,20H,3-4,6,8-10H2. The van der Waals surface area contributed by atoms with Crippen LogP contribution in [0.1, 0.15) is 21.6 Å². The Labute approximate surface area is 122 Å². The number of β-amino-alcohol motifs (C(OH)–C–C–N with tert-alkyl or cyclic N) is 1. The highest BCUT2D eigenvalue weighted by molar-refractivity contribution is 5.90. The Morgan fingerprint density at radius 3 is 3.00 bits per heavy atom. The highest BCUT2D eigenvalue weighted by Crippen LogP contribution is 2.29. The Kier molecular flexibility index (Phi) is 2.89. The minimum Gasteiger partial charge on any atom is -0.384 e. The first kappa shape index (κ1) is 13.0. The Bertz CT molecular complexity index is 703. The Hall–Kier alpha value is -1.69. The number of aldehydes is 1. The maximum absolute atomic E-state index is 11.0. The van der Waals surface area contributed by atoms with Crippen LogP contribution < -0.4 is 0 Å². The van der Waals surface area contributed by atoms with E-state index in [9.17, 15) is 9.90 Å². The fourth-order valence-corrected chi connectivity index (χ4v) is 3.38. The predicted molar refractivity (Wildman–Crippen MR) is 78.4 cm³/mol. The second kappa shape index (κ2) is 4.66. The SMILES string of the molecule is O=Cc1cc2c3c(ccc2[nH]1)CCN(CC1(O)COC1)C3. The second-order valence-corrected chi connectivity index (χ2v) is 6.18.